The van der Waals surface area contributed by atoms with Crippen LogP contribution in [0, 0.1) is 0 Å². The summed E-state index contributed by atoms with van der Waals surface area (Å²) in [4.78, 5) is 19.3. The van der Waals surface area contributed by atoms with E-state index in [2.05, 4.69) is 41.9 Å². The lowest BCUT2D eigenvalue weighted by molar-refractivity contribution is 0.867. The molecule has 0 radical (unpaired) electrons. The largest absolute Gasteiger partial charge is 0.372 e. The van der Waals surface area contributed by atoms with E-state index in [0.717, 1.165) is 33.9 Å². The second-order valence-electron chi connectivity index (χ2n) is 4.67. The fourth-order valence-electron chi connectivity index (χ4n) is 2.38. The van der Waals surface area contributed by atoms with Crippen LogP contribution in [0.2, 0.25) is 0 Å². The predicted molar refractivity (Wildman–Crippen MR) is 86.1 cm³/mol. The van der Waals surface area contributed by atoms with Crippen LogP contribution in [0.1, 0.15) is 13.8 Å². The Bertz CT molecular complexity index is 777. The molecule has 4 heteroatoms. The first-order valence-electron chi connectivity index (χ1n) is 6.81. The lowest BCUT2D eigenvalue weighted by Crippen LogP contribution is -2.21. The molecule has 102 valence electrons. The van der Waals surface area contributed by atoms with Gasteiger partial charge in [-0.05, 0) is 44.2 Å². The van der Waals surface area contributed by atoms with E-state index in [4.69, 9.17) is 0 Å². The topological polar surface area (TPSA) is 33.2 Å². The molecule has 0 saturated heterocycles. The molecule has 3 rings (SSSR count). The van der Waals surface area contributed by atoms with Crippen LogP contribution in [0.3, 0.4) is 0 Å². The van der Waals surface area contributed by atoms with Gasteiger partial charge in [0.25, 0.3) is 0 Å². The maximum atomic E-state index is 11.5. The second kappa shape index (κ2) is 5.21. The zero-order valence-corrected chi connectivity index (χ0v) is 12.4. The lowest BCUT2D eigenvalue weighted by atomic mass is 10.2. The van der Waals surface area contributed by atoms with Gasteiger partial charge in [0.15, 0.2) is 5.43 Å². The molecule has 0 spiro atoms. The van der Waals surface area contributed by atoms with Crippen LogP contribution in [0.5, 0.6) is 0 Å². The first-order chi connectivity index (χ1) is 9.71. The smallest absolute Gasteiger partial charge is 0.180 e. The molecule has 1 aromatic rings. The van der Waals surface area contributed by atoms with Gasteiger partial charge in [-0.15, -0.1) is 11.3 Å². The summed E-state index contributed by atoms with van der Waals surface area (Å²) < 4.78 is 1.12. The molecule has 1 heterocycles. The lowest BCUT2D eigenvalue weighted by Gasteiger charge is -2.21. The SMILES string of the molecule is CCN(CC)c1ccc2nc3ccc(=O)cc-3sc2c1. The van der Waals surface area contributed by atoms with Crippen molar-refractivity contribution in [1.29, 1.82) is 0 Å². The van der Waals surface area contributed by atoms with E-state index in [0.29, 0.717) is 0 Å². The van der Waals surface area contributed by atoms with Crippen molar-refractivity contribution in [2.24, 2.45) is 0 Å². The molecule has 1 aliphatic heterocycles. The molecule has 3 nitrogen and oxygen atoms in total. The zero-order chi connectivity index (χ0) is 14.1. The normalized spacial score (nSPS) is 11.1. The zero-order valence-electron chi connectivity index (χ0n) is 11.6. The fourth-order valence-corrected chi connectivity index (χ4v) is 3.41. The number of nitrogens with zero attached hydrogens (tertiary/aromatic N) is 2. The van der Waals surface area contributed by atoms with Gasteiger partial charge in [-0.25, -0.2) is 4.98 Å². The number of aromatic nitrogens is 1. The Hall–Kier alpha value is -1.94. The van der Waals surface area contributed by atoms with Gasteiger partial charge in [0.1, 0.15) is 0 Å². The highest BCUT2D eigenvalue weighted by Gasteiger charge is 2.09. The number of anilines is 1. The minimum absolute atomic E-state index is 0.0368. The Morgan fingerprint density at radius 1 is 1.10 bits per heavy atom. The highest BCUT2D eigenvalue weighted by molar-refractivity contribution is 7.21. The Morgan fingerprint density at radius 2 is 1.90 bits per heavy atom. The highest BCUT2D eigenvalue weighted by atomic mass is 32.1. The summed E-state index contributed by atoms with van der Waals surface area (Å²) in [7, 11) is 0. The molecule has 0 fully saturated rings. The third-order valence-corrected chi connectivity index (χ3v) is 4.56. The van der Waals surface area contributed by atoms with Crippen molar-refractivity contribution in [2.45, 2.75) is 13.8 Å². The van der Waals surface area contributed by atoms with Gasteiger partial charge in [0.2, 0.25) is 0 Å². The van der Waals surface area contributed by atoms with Gasteiger partial charge in [0.05, 0.1) is 20.8 Å². The molecule has 20 heavy (non-hydrogen) atoms. The maximum Gasteiger partial charge on any atom is 0.180 e. The third kappa shape index (κ3) is 2.27. The van der Waals surface area contributed by atoms with Gasteiger partial charge < -0.3 is 4.90 Å². The maximum absolute atomic E-state index is 11.5. The summed E-state index contributed by atoms with van der Waals surface area (Å²) in [5.74, 6) is 0. The number of hydrogen-bond acceptors (Lipinski definition) is 4. The molecule has 0 aromatic heterocycles. The van der Waals surface area contributed by atoms with Crippen molar-refractivity contribution in [3.8, 4) is 10.6 Å². The molecule has 2 aliphatic rings. The average Bonchev–Trinajstić information content (AvgIpc) is 2.46. The predicted octanol–water partition coefficient (Wildman–Crippen LogP) is 3.61. The molecular formula is C16H16N2OS. The summed E-state index contributed by atoms with van der Waals surface area (Å²) in [5, 5.41) is 0. The molecule has 0 N–H and O–H groups in total. The number of rotatable bonds is 3. The van der Waals surface area contributed by atoms with E-state index in [1.165, 1.54) is 5.69 Å². The third-order valence-electron chi connectivity index (χ3n) is 3.46. The minimum Gasteiger partial charge on any atom is -0.372 e. The van der Waals surface area contributed by atoms with E-state index < -0.39 is 0 Å². The Balaban J connectivity index is 2.21. The van der Waals surface area contributed by atoms with E-state index in [9.17, 15) is 4.79 Å². The molecular weight excluding hydrogens is 268 g/mol. The van der Waals surface area contributed by atoms with Crippen molar-refractivity contribution in [2.75, 3.05) is 18.0 Å². The van der Waals surface area contributed by atoms with Crippen LogP contribution < -0.4 is 10.3 Å². The van der Waals surface area contributed by atoms with Gasteiger partial charge in [-0.2, -0.15) is 0 Å². The van der Waals surface area contributed by atoms with E-state index >= 15 is 0 Å². The molecule has 0 bridgehead atoms. The summed E-state index contributed by atoms with van der Waals surface area (Å²) in [6, 6.07) is 11.4. The van der Waals surface area contributed by atoms with Crippen molar-refractivity contribution in [1.82, 2.24) is 4.98 Å². The van der Waals surface area contributed by atoms with Crippen LogP contribution >= 0.6 is 11.3 Å². The van der Waals surface area contributed by atoms with Crippen LogP contribution in [0.4, 0.5) is 5.69 Å². The van der Waals surface area contributed by atoms with E-state index in [-0.39, 0.29) is 5.43 Å². The molecule has 0 saturated carbocycles. The first kappa shape index (κ1) is 13.1. The molecule has 1 aromatic carbocycles. The summed E-state index contributed by atoms with van der Waals surface area (Å²) in [5.41, 5.74) is 3.11. The van der Waals surface area contributed by atoms with Crippen molar-refractivity contribution in [3.63, 3.8) is 0 Å². The van der Waals surface area contributed by atoms with E-state index in [1.807, 2.05) is 0 Å². The monoisotopic (exact) mass is 284 g/mol. The first-order valence-corrected chi connectivity index (χ1v) is 7.62. The minimum atomic E-state index is 0.0368. The van der Waals surface area contributed by atoms with Crippen LogP contribution in [-0.2, 0) is 0 Å². The summed E-state index contributed by atoms with van der Waals surface area (Å²) >= 11 is 1.63. The number of fused-ring (bicyclic) bond motifs is 2. The standard InChI is InChI=1S/C16H16N2OS/c1-3-18(4-2)11-5-7-13-15(9-11)20-16-10-12(19)6-8-14(16)17-13/h5-10H,3-4H2,1-2H3. The summed E-state index contributed by atoms with van der Waals surface area (Å²) in [6.07, 6.45) is 0. The van der Waals surface area contributed by atoms with Gasteiger partial charge in [0, 0.05) is 24.8 Å². The Kier molecular flexibility index (Phi) is 3.40. The van der Waals surface area contributed by atoms with Gasteiger partial charge in [-0.3, -0.25) is 4.79 Å². The summed E-state index contributed by atoms with van der Waals surface area (Å²) in [6.45, 7) is 6.27. The van der Waals surface area contributed by atoms with Crippen molar-refractivity contribution in [3.05, 3.63) is 46.6 Å². The molecule has 0 atom stereocenters. The average molecular weight is 284 g/mol. The van der Waals surface area contributed by atoms with Crippen molar-refractivity contribution >= 4 is 27.2 Å². The number of hydrogen-bond donors (Lipinski definition) is 0. The Labute approximate surface area is 121 Å². The molecule has 0 amide bonds. The van der Waals surface area contributed by atoms with Crippen LogP contribution in [0.15, 0.2) is 41.2 Å². The van der Waals surface area contributed by atoms with Crippen LogP contribution in [-0.4, -0.2) is 18.1 Å². The fraction of sp³-hybridized carbons (Fsp3) is 0.250. The quantitative estimate of drug-likeness (QED) is 0.689. The van der Waals surface area contributed by atoms with Gasteiger partial charge in [-0.1, -0.05) is 0 Å². The van der Waals surface area contributed by atoms with Gasteiger partial charge >= 0.3 is 0 Å². The highest BCUT2D eigenvalue weighted by Crippen LogP contribution is 2.31. The second-order valence-corrected chi connectivity index (χ2v) is 5.75. The van der Waals surface area contributed by atoms with Crippen LogP contribution in [0.25, 0.3) is 20.8 Å². The Morgan fingerprint density at radius 3 is 2.65 bits per heavy atom. The molecule has 1 aliphatic carbocycles. The molecule has 0 unspecified atom stereocenters. The van der Waals surface area contributed by atoms with Crippen molar-refractivity contribution < 1.29 is 0 Å². The number of benzene rings is 2. The van der Waals surface area contributed by atoms with E-state index in [1.54, 1.807) is 29.5 Å².